The Hall–Kier alpha value is -2.64. The van der Waals surface area contributed by atoms with Crippen LogP contribution >= 0.6 is 0 Å². The summed E-state index contributed by atoms with van der Waals surface area (Å²) in [5, 5.41) is 7.39. The summed E-state index contributed by atoms with van der Waals surface area (Å²) in [5.74, 6) is 1.51. The number of nitrogens with zero attached hydrogens (tertiary/aromatic N) is 6. The molecule has 2 heterocycles. The molecule has 1 aromatic heterocycles. The number of hydrogen-bond acceptors (Lipinski definition) is 4. The van der Waals surface area contributed by atoms with Gasteiger partial charge in [0.05, 0.1) is 5.69 Å². The molecule has 1 aliphatic rings. The number of anilines is 1. The van der Waals surface area contributed by atoms with E-state index < -0.39 is 0 Å². The summed E-state index contributed by atoms with van der Waals surface area (Å²) >= 11 is 0. The minimum atomic E-state index is -0.168. The van der Waals surface area contributed by atoms with Crippen LogP contribution in [0.5, 0.6) is 0 Å². The quantitative estimate of drug-likeness (QED) is 0.667. The van der Waals surface area contributed by atoms with Crippen molar-refractivity contribution in [1.29, 1.82) is 0 Å². The summed E-state index contributed by atoms with van der Waals surface area (Å²) in [6, 6.07) is 6.93. The van der Waals surface area contributed by atoms with Crippen LogP contribution in [0.4, 0.5) is 10.1 Å². The van der Waals surface area contributed by atoms with Crippen LogP contribution in [-0.2, 0) is 13.6 Å². The van der Waals surface area contributed by atoms with Gasteiger partial charge < -0.3 is 15.1 Å². The second-order valence-electron chi connectivity index (χ2n) is 5.90. The number of rotatable bonds is 4. The number of aryl methyl sites for hydroxylation is 1. The molecule has 1 fully saturated rings. The summed E-state index contributed by atoms with van der Waals surface area (Å²) in [6.45, 7) is 6.42. The van der Waals surface area contributed by atoms with Crippen molar-refractivity contribution in [3.05, 3.63) is 42.2 Å². The summed E-state index contributed by atoms with van der Waals surface area (Å²) in [4.78, 5) is 13.2. The SMILES string of the molecule is CCNC(=NCc1ncnn1C)N1CCN(c2ccccc2F)CC1. The molecule has 0 radical (unpaired) electrons. The first kappa shape index (κ1) is 17.2. The molecule has 0 atom stereocenters. The number of piperazine rings is 1. The van der Waals surface area contributed by atoms with E-state index in [0.717, 1.165) is 44.5 Å². The normalized spacial score (nSPS) is 15.6. The third-order valence-corrected chi connectivity index (χ3v) is 4.28. The molecule has 0 unspecified atom stereocenters. The van der Waals surface area contributed by atoms with Crippen LogP contribution < -0.4 is 10.2 Å². The molecule has 2 aromatic rings. The molecule has 0 amide bonds. The largest absolute Gasteiger partial charge is 0.366 e. The molecule has 0 bridgehead atoms. The van der Waals surface area contributed by atoms with Gasteiger partial charge in [-0.15, -0.1) is 0 Å². The lowest BCUT2D eigenvalue weighted by Gasteiger charge is -2.37. The van der Waals surface area contributed by atoms with Gasteiger partial charge in [-0.1, -0.05) is 12.1 Å². The van der Waals surface area contributed by atoms with Gasteiger partial charge in [-0.25, -0.2) is 14.4 Å². The lowest BCUT2D eigenvalue weighted by molar-refractivity contribution is 0.370. The maximum absolute atomic E-state index is 14.0. The van der Waals surface area contributed by atoms with E-state index in [0.29, 0.717) is 12.2 Å². The number of aromatic nitrogens is 3. The molecular weight excluding hydrogens is 321 g/mol. The second-order valence-corrected chi connectivity index (χ2v) is 5.90. The van der Waals surface area contributed by atoms with Crippen molar-refractivity contribution in [3.8, 4) is 0 Å². The molecule has 3 rings (SSSR count). The smallest absolute Gasteiger partial charge is 0.194 e. The van der Waals surface area contributed by atoms with Gasteiger partial charge in [-0.2, -0.15) is 5.10 Å². The Morgan fingerprint density at radius 1 is 1.24 bits per heavy atom. The van der Waals surface area contributed by atoms with Crippen LogP contribution in [0.25, 0.3) is 0 Å². The first-order valence-corrected chi connectivity index (χ1v) is 8.54. The number of nitrogens with one attached hydrogen (secondary N) is 1. The van der Waals surface area contributed by atoms with Gasteiger partial charge in [0.2, 0.25) is 0 Å². The zero-order chi connectivity index (χ0) is 17.6. The fourth-order valence-electron chi connectivity index (χ4n) is 2.90. The minimum absolute atomic E-state index is 0.168. The lowest BCUT2D eigenvalue weighted by atomic mass is 10.2. The number of aliphatic imine (C=N–C) groups is 1. The molecule has 1 N–H and O–H groups in total. The minimum Gasteiger partial charge on any atom is -0.366 e. The fourth-order valence-corrected chi connectivity index (χ4v) is 2.90. The van der Waals surface area contributed by atoms with Crippen molar-refractivity contribution in [3.63, 3.8) is 0 Å². The molecule has 0 spiro atoms. The van der Waals surface area contributed by atoms with Gasteiger partial charge in [0.25, 0.3) is 0 Å². The van der Waals surface area contributed by atoms with Crippen molar-refractivity contribution < 1.29 is 4.39 Å². The number of hydrogen-bond donors (Lipinski definition) is 1. The number of para-hydroxylation sites is 1. The van der Waals surface area contributed by atoms with Crippen molar-refractivity contribution in [2.75, 3.05) is 37.6 Å². The lowest BCUT2D eigenvalue weighted by Crippen LogP contribution is -2.52. The predicted molar refractivity (Wildman–Crippen MR) is 96.0 cm³/mol. The molecule has 7 nitrogen and oxygen atoms in total. The maximum atomic E-state index is 14.0. The molecule has 134 valence electrons. The number of benzene rings is 1. The Morgan fingerprint density at radius 3 is 2.64 bits per heavy atom. The maximum Gasteiger partial charge on any atom is 0.194 e. The molecule has 1 saturated heterocycles. The number of guanidine groups is 1. The third kappa shape index (κ3) is 4.07. The topological polar surface area (TPSA) is 61.6 Å². The molecule has 8 heteroatoms. The zero-order valence-corrected chi connectivity index (χ0v) is 14.7. The van der Waals surface area contributed by atoms with Crippen molar-refractivity contribution in [2.45, 2.75) is 13.5 Å². The predicted octanol–water partition coefficient (Wildman–Crippen LogP) is 1.24. The van der Waals surface area contributed by atoms with Crippen molar-refractivity contribution >= 4 is 11.6 Å². The van der Waals surface area contributed by atoms with E-state index >= 15 is 0 Å². The van der Waals surface area contributed by atoms with Crippen molar-refractivity contribution in [1.82, 2.24) is 25.0 Å². The molecule has 0 saturated carbocycles. The fraction of sp³-hybridized carbons (Fsp3) is 0.471. The standard InChI is InChI=1S/C17H24FN7/c1-3-19-17(20-12-16-21-13-22-23(16)2)25-10-8-24(9-11-25)15-7-5-4-6-14(15)18/h4-7,13H,3,8-12H2,1-2H3,(H,19,20). The highest BCUT2D eigenvalue weighted by Crippen LogP contribution is 2.20. The van der Waals surface area contributed by atoms with E-state index in [4.69, 9.17) is 0 Å². The van der Waals surface area contributed by atoms with E-state index in [1.165, 1.54) is 12.4 Å². The average Bonchev–Trinajstić information content (AvgIpc) is 3.04. The van der Waals surface area contributed by atoms with Gasteiger partial charge in [-0.3, -0.25) is 4.68 Å². The van der Waals surface area contributed by atoms with Gasteiger partial charge in [0.1, 0.15) is 24.5 Å². The van der Waals surface area contributed by atoms with Gasteiger partial charge in [0.15, 0.2) is 5.96 Å². The van der Waals surface area contributed by atoms with Crippen LogP contribution in [0.15, 0.2) is 35.6 Å². The summed E-state index contributed by atoms with van der Waals surface area (Å²) in [5.41, 5.74) is 0.670. The van der Waals surface area contributed by atoms with Crippen LogP contribution in [-0.4, -0.2) is 58.3 Å². The van der Waals surface area contributed by atoms with Gasteiger partial charge in [0, 0.05) is 39.8 Å². The van der Waals surface area contributed by atoms with E-state index in [-0.39, 0.29) is 5.82 Å². The van der Waals surface area contributed by atoms with E-state index in [1.807, 2.05) is 26.1 Å². The highest BCUT2D eigenvalue weighted by Gasteiger charge is 2.21. The van der Waals surface area contributed by atoms with Crippen molar-refractivity contribution in [2.24, 2.45) is 12.0 Å². The Bertz CT molecular complexity index is 719. The molecule has 25 heavy (non-hydrogen) atoms. The average molecular weight is 345 g/mol. The molecular formula is C17H24FN7. The van der Waals surface area contributed by atoms with Crippen LogP contribution in [0.2, 0.25) is 0 Å². The first-order chi connectivity index (χ1) is 12.2. The summed E-state index contributed by atoms with van der Waals surface area (Å²) in [6.07, 6.45) is 1.53. The van der Waals surface area contributed by atoms with E-state index in [9.17, 15) is 4.39 Å². The monoisotopic (exact) mass is 345 g/mol. The summed E-state index contributed by atoms with van der Waals surface area (Å²) < 4.78 is 15.7. The Balaban J connectivity index is 1.64. The highest BCUT2D eigenvalue weighted by atomic mass is 19.1. The second kappa shape index (κ2) is 7.96. The van der Waals surface area contributed by atoms with E-state index in [1.54, 1.807) is 10.7 Å². The Kier molecular flexibility index (Phi) is 5.47. The van der Waals surface area contributed by atoms with Crippen LogP contribution in [0.3, 0.4) is 0 Å². The van der Waals surface area contributed by atoms with Gasteiger partial charge >= 0.3 is 0 Å². The molecule has 1 aromatic carbocycles. The number of halogens is 1. The third-order valence-electron chi connectivity index (χ3n) is 4.28. The highest BCUT2D eigenvalue weighted by molar-refractivity contribution is 5.80. The van der Waals surface area contributed by atoms with Gasteiger partial charge in [-0.05, 0) is 19.1 Å². The zero-order valence-electron chi connectivity index (χ0n) is 14.7. The van der Waals surface area contributed by atoms with E-state index in [2.05, 4.69) is 30.2 Å². The Morgan fingerprint density at radius 2 is 2.00 bits per heavy atom. The summed E-state index contributed by atoms with van der Waals surface area (Å²) in [7, 11) is 1.86. The van der Waals surface area contributed by atoms with Crippen LogP contribution in [0.1, 0.15) is 12.7 Å². The first-order valence-electron chi connectivity index (χ1n) is 8.54. The molecule has 1 aliphatic heterocycles. The molecule has 0 aliphatic carbocycles. The Labute approximate surface area is 147 Å². The van der Waals surface area contributed by atoms with Crippen LogP contribution in [0, 0.1) is 5.82 Å².